The smallest absolute Gasteiger partial charge is 0.153 e. The first-order chi connectivity index (χ1) is 17.1. The molecule has 4 heterocycles. The Morgan fingerprint density at radius 2 is 1.97 bits per heavy atom. The first-order valence-electron chi connectivity index (χ1n) is 11.1. The van der Waals surface area contributed by atoms with Crippen LogP contribution in [0.4, 0.5) is 11.5 Å². The molecular weight excluding hydrogens is 444 g/mol. The summed E-state index contributed by atoms with van der Waals surface area (Å²) in [6, 6.07) is 13.2. The molecule has 176 valence electrons. The van der Waals surface area contributed by atoms with Crippen LogP contribution in [0.3, 0.4) is 0 Å². The minimum atomic E-state index is 0.498. The first-order valence-corrected chi connectivity index (χ1v) is 11.1. The van der Waals surface area contributed by atoms with Gasteiger partial charge in [0.05, 0.1) is 41.3 Å². The molecule has 0 saturated heterocycles. The molecule has 0 fully saturated rings. The highest BCUT2D eigenvalue weighted by atomic mass is 16.5. The molecule has 0 spiro atoms. The number of methoxy groups -OCH3 is 1. The van der Waals surface area contributed by atoms with Gasteiger partial charge in [0.2, 0.25) is 0 Å². The summed E-state index contributed by atoms with van der Waals surface area (Å²) in [7, 11) is 1.65. The Bertz CT molecular complexity index is 1500. The summed E-state index contributed by atoms with van der Waals surface area (Å²) in [5, 5.41) is 16.0. The number of nitrogens with zero attached hydrogens (tertiary/aromatic N) is 7. The van der Waals surface area contributed by atoms with E-state index in [1.807, 2.05) is 61.0 Å². The van der Waals surface area contributed by atoms with Crippen molar-refractivity contribution < 1.29 is 9.53 Å². The van der Waals surface area contributed by atoms with Gasteiger partial charge in [-0.25, -0.2) is 9.97 Å². The number of rotatable bonds is 8. The number of pyridine rings is 1. The van der Waals surface area contributed by atoms with E-state index in [2.05, 4.69) is 25.6 Å². The van der Waals surface area contributed by atoms with Crippen molar-refractivity contribution in [3.8, 4) is 17.1 Å². The summed E-state index contributed by atoms with van der Waals surface area (Å²) in [5.41, 5.74) is 6.06. The largest absolute Gasteiger partial charge is 0.383 e. The van der Waals surface area contributed by atoms with Crippen molar-refractivity contribution in [2.45, 2.75) is 20.4 Å². The Balaban J connectivity index is 1.49. The van der Waals surface area contributed by atoms with E-state index in [0.717, 1.165) is 40.0 Å². The summed E-state index contributed by atoms with van der Waals surface area (Å²) in [4.78, 5) is 21.2. The van der Waals surface area contributed by atoms with E-state index < -0.39 is 0 Å². The van der Waals surface area contributed by atoms with Gasteiger partial charge in [0, 0.05) is 30.1 Å². The van der Waals surface area contributed by atoms with Crippen LogP contribution in [-0.2, 0) is 11.3 Å². The maximum absolute atomic E-state index is 11.8. The average molecular weight is 469 g/mol. The molecule has 10 nitrogen and oxygen atoms in total. The molecule has 35 heavy (non-hydrogen) atoms. The molecule has 10 heteroatoms. The van der Waals surface area contributed by atoms with Gasteiger partial charge in [0.15, 0.2) is 12.1 Å². The second kappa shape index (κ2) is 9.43. The van der Waals surface area contributed by atoms with Crippen LogP contribution >= 0.6 is 0 Å². The van der Waals surface area contributed by atoms with Crippen LogP contribution < -0.4 is 5.32 Å². The monoisotopic (exact) mass is 468 g/mol. The molecule has 0 unspecified atom stereocenters. The van der Waals surface area contributed by atoms with Gasteiger partial charge < -0.3 is 10.1 Å². The van der Waals surface area contributed by atoms with E-state index >= 15 is 0 Å². The van der Waals surface area contributed by atoms with Crippen LogP contribution in [-0.4, -0.2) is 54.5 Å². The lowest BCUT2D eigenvalue weighted by Crippen LogP contribution is -2.04. The molecule has 0 radical (unpaired) electrons. The number of imidazole rings is 1. The molecule has 4 aromatic heterocycles. The molecule has 0 amide bonds. The summed E-state index contributed by atoms with van der Waals surface area (Å²) in [6.45, 7) is 4.96. The topological polar surface area (TPSA) is 113 Å². The second-order valence-electron chi connectivity index (χ2n) is 8.11. The summed E-state index contributed by atoms with van der Waals surface area (Å²) < 4.78 is 8.85. The third kappa shape index (κ3) is 4.51. The Hall–Kier alpha value is -4.44. The number of anilines is 2. The molecular formula is C25H24N8O2. The fraction of sp³-hybridized carbons (Fsp3) is 0.200. The SMILES string of the molecule is COCCn1cc(-c2nc(-n3cnc4cc(Nc5ccc(C)nn5)ccc43)ccc2C=O)c(C)n1. The second-order valence-corrected chi connectivity index (χ2v) is 8.11. The maximum atomic E-state index is 11.8. The molecule has 0 bridgehead atoms. The van der Waals surface area contributed by atoms with Crippen molar-refractivity contribution in [2.75, 3.05) is 19.0 Å². The third-order valence-corrected chi connectivity index (χ3v) is 5.63. The number of aromatic nitrogens is 7. The minimum Gasteiger partial charge on any atom is -0.383 e. The van der Waals surface area contributed by atoms with Crippen molar-refractivity contribution in [3.63, 3.8) is 0 Å². The van der Waals surface area contributed by atoms with Gasteiger partial charge in [0.1, 0.15) is 12.1 Å². The predicted octanol–water partition coefficient (Wildman–Crippen LogP) is 3.89. The van der Waals surface area contributed by atoms with E-state index in [4.69, 9.17) is 9.72 Å². The number of benzene rings is 1. The molecule has 0 aliphatic rings. The van der Waals surface area contributed by atoms with E-state index in [-0.39, 0.29) is 0 Å². The highest BCUT2D eigenvalue weighted by molar-refractivity contribution is 5.87. The van der Waals surface area contributed by atoms with Crippen LogP contribution in [0.1, 0.15) is 21.7 Å². The number of fused-ring (bicyclic) bond motifs is 1. The lowest BCUT2D eigenvalue weighted by atomic mass is 10.1. The number of carbonyl (C=O) groups is 1. The molecule has 1 N–H and O–H groups in total. The highest BCUT2D eigenvalue weighted by Gasteiger charge is 2.16. The van der Waals surface area contributed by atoms with E-state index in [9.17, 15) is 4.79 Å². The third-order valence-electron chi connectivity index (χ3n) is 5.63. The fourth-order valence-corrected chi connectivity index (χ4v) is 3.84. The maximum Gasteiger partial charge on any atom is 0.153 e. The van der Waals surface area contributed by atoms with Gasteiger partial charge in [-0.1, -0.05) is 0 Å². The van der Waals surface area contributed by atoms with E-state index in [1.165, 1.54) is 0 Å². The first kappa shape index (κ1) is 22.4. The molecule has 0 aliphatic heterocycles. The Kier molecular flexibility index (Phi) is 6.02. The van der Waals surface area contributed by atoms with Crippen LogP contribution in [0, 0.1) is 13.8 Å². The lowest BCUT2D eigenvalue weighted by molar-refractivity contribution is 0.112. The number of carbonyl (C=O) groups excluding carboxylic acids is 1. The summed E-state index contributed by atoms with van der Waals surface area (Å²) in [6.07, 6.45) is 4.43. The number of aldehydes is 1. The van der Waals surface area contributed by atoms with Crippen molar-refractivity contribution >= 4 is 28.8 Å². The van der Waals surface area contributed by atoms with Gasteiger partial charge in [0.25, 0.3) is 0 Å². The molecule has 0 saturated carbocycles. The van der Waals surface area contributed by atoms with E-state index in [0.29, 0.717) is 36.0 Å². The lowest BCUT2D eigenvalue weighted by Gasteiger charge is -2.09. The van der Waals surface area contributed by atoms with Crippen LogP contribution in [0.15, 0.2) is 55.0 Å². The number of hydrogen-bond acceptors (Lipinski definition) is 8. The van der Waals surface area contributed by atoms with Crippen LogP contribution in [0.25, 0.3) is 28.1 Å². The molecule has 5 rings (SSSR count). The van der Waals surface area contributed by atoms with Crippen molar-refractivity contribution in [2.24, 2.45) is 0 Å². The van der Waals surface area contributed by atoms with Crippen LogP contribution in [0.5, 0.6) is 0 Å². The number of ether oxygens (including phenoxy) is 1. The zero-order valence-corrected chi connectivity index (χ0v) is 19.6. The van der Waals surface area contributed by atoms with Gasteiger partial charge in [-0.05, 0) is 56.3 Å². The van der Waals surface area contributed by atoms with Crippen LogP contribution in [0.2, 0.25) is 0 Å². The Labute approximate surface area is 201 Å². The van der Waals surface area contributed by atoms with Gasteiger partial charge in [-0.2, -0.15) is 10.2 Å². The number of aryl methyl sites for hydroxylation is 2. The quantitative estimate of drug-likeness (QED) is 0.341. The highest BCUT2D eigenvalue weighted by Crippen LogP contribution is 2.27. The molecule has 1 aromatic carbocycles. The number of nitrogens with one attached hydrogen (secondary N) is 1. The standard InChI is InChI=1S/C25H24N8O2/c1-16-4-8-23(30-29-16)27-19-6-7-22-21(12-19)26-15-33(22)24-9-5-18(14-34)25(28-24)20-13-32(10-11-35-3)31-17(20)2/h4-9,12-15H,10-11H2,1-3H3,(H,27,30). The fourth-order valence-electron chi connectivity index (χ4n) is 3.84. The van der Waals surface area contributed by atoms with Gasteiger partial charge in [-0.3, -0.25) is 14.0 Å². The molecule has 5 aromatic rings. The molecule has 0 aliphatic carbocycles. The van der Waals surface area contributed by atoms with E-state index in [1.54, 1.807) is 24.2 Å². The normalized spacial score (nSPS) is 11.2. The summed E-state index contributed by atoms with van der Waals surface area (Å²) in [5.74, 6) is 1.31. The molecule has 0 atom stereocenters. The Morgan fingerprint density at radius 3 is 2.74 bits per heavy atom. The average Bonchev–Trinajstić information content (AvgIpc) is 3.46. The van der Waals surface area contributed by atoms with Crippen molar-refractivity contribution in [1.82, 2.24) is 34.5 Å². The summed E-state index contributed by atoms with van der Waals surface area (Å²) >= 11 is 0. The van der Waals surface area contributed by atoms with Gasteiger partial charge in [-0.15, -0.1) is 5.10 Å². The number of hydrogen-bond donors (Lipinski definition) is 1. The Morgan fingerprint density at radius 1 is 1.09 bits per heavy atom. The van der Waals surface area contributed by atoms with Crippen molar-refractivity contribution in [1.29, 1.82) is 0 Å². The van der Waals surface area contributed by atoms with Crippen molar-refractivity contribution in [3.05, 3.63) is 71.9 Å². The minimum absolute atomic E-state index is 0.498. The zero-order chi connectivity index (χ0) is 24.4. The van der Waals surface area contributed by atoms with Gasteiger partial charge >= 0.3 is 0 Å². The zero-order valence-electron chi connectivity index (χ0n) is 19.6. The predicted molar refractivity (Wildman–Crippen MR) is 132 cm³/mol.